The first kappa shape index (κ1) is 68.7. The number of pyridine rings is 2. The molecule has 1 unspecified atom stereocenters. The van der Waals surface area contributed by atoms with Crippen LogP contribution in [0.3, 0.4) is 0 Å². The van der Waals surface area contributed by atoms with Crippen LogP contribution in [0.1, 0.15) is 107 Å². The Morgan fingerprint density at radius 3 is 1.73 bits per heavy atom. The van der Waals surface area contributed by atoms with Gasteiger partial charge in [0.25, 0.3) is 0 Å². The molecule has 20 nitrogen and oxygen atoms in total. The van der Waals surface area contributed by atoms with Crippen molar-refractivity contribution in [3.8, 4) is 0 Å². The number of nitrogens with two attached hydrogens (primary N) is 1. The van der Waals surface area contributed by atoms with Gasteiger partial charge in [0, 0.05) is 170 Å². The van der Waals surface area contributed by atoms with Crippen molar-refractivity contribution in [1.29, 1.82) is 0 Å². The zero-order valence-corrected chi connectivity index (χ0v) is 54.2. The number of sulfonamides is 1. The van der Waals surface area contributed by atoms with E-state index in [1.807, 2.05) is 72.9 Å². The monoisotopic (exact) mass is 1350 g/mol. The van der Waals surface area contributed by atoms with Crippen molar-refractivity contribution in [3.63, 3.8) is 0 Å². The number of aliphatic hydroxyl groups is 1. The number of amides is 1. The number of anilines is 3. The van der Waals surface area contributed by atoms with E-state index in [0.717, 1.165) is 111 Å². The van der Waals surface area contributed by atoms with Gasteiger partial charge in [0.2, 0.25) is 15.9 Å². The molecule has 2 fully saturated rings. The second-order valence-electron chi connectivity index (χ2n) is 17.3. The number of allylic oxidation sites excluding steroid dienone is 1. The smallest absolute Gasteiger partial charge is 0.219 e. The molecule has 77 heavy (non-hydrogen) atoms. The Morgan fingerprint density at radius 2 is 1.34 bits per heavy atom. The van der Waals surface area contributed by atoms with Gasteiger partial charge in [-0.15, -0.1) is 0 Å². The number of piperidine rings is 2. The summed E-state index contributed by atoms with van der Waals surface area (Å²) in [6.07, 6.45) is 19.6. The summed E-state index contributed by atoms with van der Waals surface area (Å²) in [4.78, 5) is 33.6. The molecule has 7 aromatic heterocycles. The summed E-state index contributed by atoms with van der Waals surface area (Å²) in [5.41, 5.74) is 12.0. The third kappa shape index (κ3) is 21.3. The molecule has 2 aliphatic heterocycles. The quantitative estimate of drug-likeness (QED) is 0.0785. The van der Waals surface area contributed by atoms with Gasteiger partial charge in [-0.1, -0.05) is 45.9 Å². The summed E-state index contributed by atoms with van der Waals surface area (Å²) in [5.74, 6) is 2.69. The molecule has 1 amide bonds. The van der Waals surface area contributed by atoms with Crippen molar-refractivity contribution in [1.82, 2.24) is 63.5 Å². The first-order valence-corrected chi connectivity index (χ1v) is 29.0. The fourth-order valence-electron chi connectivity index (χ4n) is 7.79. The molecule has 0 aromatic carbocycles. The number of fused-ring (bicyclic) bond motifs is 2. The maximum Gasteiger partial charge on any atom is 0.219 e. The van der Waals surface area contributed by atoms with Gasteiger partial charge in [-0.3, -0.25) is 19.9 Å². The minimum absolute atomic E-state index is 0. The minimum atomic E-state index is -3.21. The summed E-state index contributed by atoms with van der Waals surface area (Å²) in [6.45, 7) is 18.7. The van der Waals surface area contributed by atoms with Gasteiger partial charge in [-0.2, -0.15) is 19.2 Å². The number of hydrogen-bond acceptors (Lipinski definition) is 15. The van der Waals surface area contributed by atoms with Crippen molar-refractivity contribution < 1.29 is 51.0 Å². The number of halogens is 3. The number of rotatable bonds is 13. The summed E-state index contributed by atoms with van der Waals surface area (Å²) in [6, 6.07) is 11.9. The molecule has 0 bridgehead atoms. The van der Waals surface area contributed by atoms with Crippen LogP contribution >= 0.6 is 47.8 Å². The summed E-state index contributed by atoms with van der Waals surface area (Å²) >= 11 is 10.2. The SMILES string of the molecule is C=C(C)N(C)CCCC.CC.CC(=O)N1CCC(c2cc(NCc3cccnc3)n3ncc(Br)c3n2)CC1.CO.CS(=O)(=O)N1CCCC(c2cc(NCc3cccnc3)n3ncc(Br)c3n2)C1.Nc1[n-]ncc1Br.[CH3-].[Y]. The van der Waals surface area contributed by atoms with Gasteiger partial charge in [-0.25, -0.2) is 22.7 Å². The average molecular weight is 1350 g/mol. The van der Waals surface area contributed by atoms with Crippen LogP contribution in [0.25, 0.3) is 11.3 Å². The Kier molecular flexibility index (Phi) is 31.4. The topological polar surface area (TPSA) is 244 Å². The van der Waals surface area contributed by atoms with E-state index in [4.69, 9.17) is 20.8 Å². The Labute approximate surface area is 505 Å². The number of hydrogen-bond donors (Lipinski definition) is 4. The van der Waals surface area contributed by atoms with E-state index in [1.54, 1.807) is 46.7 Å². The zero-order chi connectivity index (χ0) is 55.1. The van der Waals surface area contributed by atoms with Crippen LogP contribution in [0, 0.1) is 7.43 Å². The van der Waals surface area contributed by atoms with Gasteiger partial charge in [-0.05, 0) is 116 Å². The Balaban J connectivity index is 0.000000384. The normalized spacial score (nSPS) is 14.1. The van der Waals surface area contributed by atoms with Gasteiger partial charge in [0.15, 0.2) is 11.3 Å². The number of unbranched alkanes of at least 4 members (excludes halogenated alkanes) is 1. The van der Waals surface area contributed by atoms with E-state index in [0.29, 0.717) is 43.6 Å². The van der Waals surface area contributed by atoms with Crippen molar-refractivity contribution in [3.05, 3.63) is 135 Å². The van der Waals surface area contributed by atoms with Gasteiger partial charge < -0.3 is 43.8 Å². The van der Waals surface area contributed by atoms with E-state index >= 15 is 0 Å². The molecule has 5 N–H and O–H groups in total. The molecule has 7 aromatic rings. The molecule has 0 aliphatic carbocycles. The number of aromatic nitrogens is 10. The molecule has 0 spiro atoms. The van der Waals surface area contributed by atoms with Crippen LogP contribution in [0.4, 0.5) is 17.5 Å². The Bertz CT molecular complexity index is 2930. The van der Waals surface area contributed by atoms with E-state index in [9.17, 15) is 13.2 Å². The van der Waals surface area contributed by atoms with Crippen LogP contribution in [-0.2, 0) is 60.6 Å². The molecule has 9 heterocycles. The summed E-state index contributed by atoms with van der Waals surface area (Å²) in [7, 11) is -0.125. The third-order valence-electron chi connectivity index (χ3n) is 12.0. The van der Waals surface area contributed by atoms with Crippen LogP contribution in [0.2, 0.25) is 0 Å². The van der Waals surface area contributed by atoms with Gasteiger partial charge >= 0.3 is 0 Å². The second kappa shape index (κ2) is 35.2. The number of carbonyl (C=O) groups is 1. The van der Waals surface area contributed by atoms with Crippen LogP contribution in [0.15, 0.2) is 105 Å². The number of nitrogens with zero attached hydrogens (tertiary/aromatic N) is 13. The third-order valence-corrected chi connectivity index (χ3v) is 15.0. The van der Waals surface area contributed by atoms with Crippen LogP contribution < -0.4 is 21.5 Å². The van der Waals surface area contributed by atoms with Crippen molar-refractivity contribution in [2.75, 3.05) is 69.5 Å². The minimum Gasteiger partial charge on any atom is -0.493 e. The maximum absolute atomic E-state index is 12.0. The largest absolute Gasteiger partial charge is 0.493 e. The van der Waals surface area contributed by atoms with Crippen molar-refractivity contribution >= 4 is 92.5 Å². The second-order valence-corrected chi connectivity index (χ2v) is 21.9. The predicted molar refractivity (Wildman–Crippen MR) is 315 cm³/mol. The van der Waals surface area contributed by atoms with E-state index in [-0.39, 0.29) is 52.0 Å². The number of aliphatic hydroxyl groups excluding tert-OH is 1. The molecule has 2 saturated heterocycles. The molecule has 1 atom stereocenters. The predicted octanol–water partition coefficient (Wildman–Crippen LogP) is 9.58. The van der Waals surface area contributed by atoms with E-state index in [1.165, 1.54) is 19.1 Å². The molecule has 1 radical (unpaired) electrons. The first-order valence-electron chi connectivity index (χ1n) is 24.8. The van der Waals surface area contributed by atoms with Crippen LogP contribution in [0.5, 0.6) is 0 Å². The van der Waals surface area contributed by atoms with Crippen molar-refractivity contribution in [2.45, 2.75) is 98.1 Å². The molecule has 0 saturated carbocycles. The molecular formula is C52H75Br3N16O4SY-2. The average Bonchev–Trinajstić information content (AvgIpc) is 4.14. The van der Waals surface area contributed by atoms with Gasteiger partial charge in [0.1, 0.15) is 11.6 Å². The molecular weight excluding hydrogens is 1270 g/mol. The fraction of sp³-hybridized carbons (Fsp3) is 0.442. The summed E-state index contributed by atoms with van der Waals surface area (Å²) < 4.78 is 31.5. The number of likely N-dealkylation sites (tertiary alicyclic amines) is 1. The van der Waals surface area contributed by atoms with Crippen LogP contribution in [-0.4, -0.2) is 131 Å². The zero-order valence-electron chi connectivity index (χ0n) is 45.7. The maximum atomic E-state index is 12.0. The molecule has 2 aliphatic rings. The standard InChI is InChI=1S/C19H21BrN6O.C18H21BrN6O2S.C8H17N.C3H3BrN3.C2H6.CH4O.CH3.Y/c1-13(27)25-7-4-15(5-8-25)17-9-18(22-11-14-3-2-6-21-10-14)26-19(24-17)16(20)12-23-26;1-28(26,27)24-7-3-5-14(12-24)16-8-17(21-10-13-4-2-6-20-9-13)25-18(23-16)15(19)11-22-25;1-5-6-7-9(4)8(2)3;4-2-1-6-7-3(2)5;2*1-2;;/h2-3,6,9-10,12,15,22H,4-5,7-8,11H2,1H3;2,4,6,8-9,11,14,21H,3,5,7,10,12H2,1H3;2,5-7H2,1,3-4H3;1H,(H2-,5,6,7);1-2H3;2H,1H3;1H3;/q;;;-1;;;-1;. The number of nitrogen functional groups attached to an aromatic ring is 1. The van der Waals surface area contributed by atoms with E-state index in [2.05, 4.69) is 120 Å². The van der Waals surface area contributed by atoms with Gasteiger partial charge in [0.05, 0.1) is 33.3 Å². The van der Waals surface area contributed by atoms with E-state index < -0.39 is 10.0 Å². The molecule has 25 heteroatoms. The molecule has 9 rings (SSSR count). The Hall–Kier alpha value is -4.43. The number of nitrogens with one attached hydrogen (secondary N) is 2. The summed E-state index contributed by atoms with van der Waals surface area (Å²) in [5, 5.41) is 29.7. The fourth-order valence-corrected chi connectivity index (χ4v) is 9.57. The molecule has 419 valence electrons. The number of carbonyl (C=O) groups excluding carboxylic acids is 1. The van der Waals surface area contributed by atoms with Crippen molar-refractivity contribution in [2.24, 2.45) is 0 Å². The Morgan fingerprint density at radius 1 is 0.831 bits per heavy atom. The first-order chi connectivity index (χ1) is 36.0.